The number of nitrogens with one attached hydrogen (secondary N) is 2. The molecule has 0 spiro atoms. The molecule has 0 heterocycles. The van der Waals surface area contributed by atoms with E-state index < -0.39 is 0 Å². The molecule has 0 unspecified atom stereocenters. The first-order chi connectivity index (χ1) is 16.9. The molecule has 6 heteroatoms. The van der Waals surface area contributed by atoms with E-state index in [0.717, 1.165) is 50.8 Å². The number of para-hydroxylation sites is 1. The lowest BCUT2D eigenvalue weighted by molar-refractivity contribution is -0.111. The summed E-state index contributed by atoms with van der Waals surface area (Å²) < 4.78 is 5.48. The molecule has 4 aromatic rings. The maximum absolute atomic E-state index is 11.9. The number of amides is 1. The van der Waals surface area contributed by atoms with Crippen molar-refractivity contribution in [1.29, 1.82) is 0 Å². The third kappa shape index (κ3) is 5.00. The highest BCUT2D eigenvalue weighted by molar-refractivity contribution is 6.40. The first kappa shape index (κ1) is 24.6. The van der Waals surface area contributed by atoms with Crippen LogP contribution in [0.15, 0.2) is 73.3 Å². The van der Waals surface area contributed by atoms with Crippen molar-refractivity contribution < 1.29 is 9.53 Å². The number of hydrogen-bond acceptors (Lipinski definition) is 3. The molecular formula is C29H26Cl2N2O2. The number of fused-ring (bicyclic) bond motifs is 1. The molecule has 0 aromatic heterocycles. The summed E-state index contributed by atoms with van der Waals surface area (Å²) >= 11 is 13.4. The van der Waals surface area contributed by atoms with Crippen LogP contribution in [0.25, 0.3) is 21.9 Å². The number of methoxy groups -OCH3 is 1. The van der Waals surface area contributed by atoms with Crippen molar-refractivity contribution in [3.8, 4) is 16.9 Å². The average Bonchev–Trinajstić information content (AvgIpc) is 2.86. The number of ether oxygens (including phenoxy) is 1. The summed E-state index contributed by atoms with van der Waals surface area (Å²) in [6, 6.07) is 19.9. The van der Waals surface area contributed by atoms with Gasteiger partial charge in [0, 0.05) is 11.3 Å². The van der Waals surface area contributed by atoms with Gasteiger partial charge in [-0.15, -0.1) is 0 Å². The maximum atomic E-state index is 11.9. The number of aryl methyl sites for hydroxylation is 2. The Morgan fingerprint density at radius 1 is 1.03 bits per heavy atom. The van der Waals surface area contributed by atoms with Gasteiger partial charge in [-0.25, -0.2) is 0 Å². The normalized spacial score (nSPS) is 10.8. The lowest BCUT2D eigenvalue weighted by Crippen LogP contribution is -2.09. The lowest BCUT2D eigenvalue weighted by atomic mass is 9.98. The van der Waals surface area contributed by atoms with E-state index >= 15 is 0 Å². The predicted octanol–water partition coefficient (Wildman–Crippen LogP) is 8.56. The van der Waals surface area contributed by atoms with Crippen LogP contribution in [-0.2, 0) is 11.2 Å². The van der Waals surface area contributed by atoms with E-state index in [-0.39, 0.29) is 5.91 Å². The summed E-state index contributed by atoms with van der Waals surface area (Å²) in [6.45, 7) is 7.57. The van der Waals surface area contributed by atoms with Crippen LogP contribution in [0.3, 0.4) is 0 Å². The first-order valence-corrected chi connectivity index (χ1v) is 12.0. The molecule has 0 saturated carbocycles. The van der Waals surface area contributed by atoms with E-state index in [4.69, 9.17) is 27.9 Å². The van der Waals surface area contributed by atoms with Crippen molar-refractivity contribution in [3.05, 3.63) is 94.5 Å². The molecule has 1 amide bonds. The Hall–Kier alpha value is -3.47. The summed E-state index contributed by atoms with van der Waals surface area (Å²) in [5.74, 6) is 0.353. The van der Waals surface area contributed by atoms with Crippen molar-refractivity contribution in [2.75, 3.05) is 17.7 Å². The van der Waals surface area contributed by atoms with E-state index in [1.54, 1.807) is 7.11 Å². The van der Waals surface area contributed by atoms with Gasteiger partial charge in [-0.3, -0.25) is 4.79 Å². The van der Waals surface area contributed by atoms with Crippen molar-refractivity contribution in [2.45, 2.75) is 20.3 Å². The first-order valence-electron chi connectivity index (χ1n) is 11.2. The molecule has 0 bridgehead atoms. The molecule has 35 heavy (non-hydrogen) atoms. The Morgan fingerprint density at radius 3 is 2.49 bits per heavy atom. The summed E-state index contributed by atoms with van der Waals surface area (Å²) in [6.07, 6.45) is 2.03. The summed E-state index contributed by atoms with van der Waals surface area (Å²) in [5, 5.41) is 9.55. The van der Waals surface area contributed by atoms with Crippen molar-refractivity contribution in [3.63, 3.8) is 0 Å². The molecule has 0 aliphatic heterocycles. The van der Waals surface area contributed by atoms with Gasteiger partial charge >= 0.3 is 0 Å². The largest absolute Gasteiger partial charge is 0.495 e. The van der Waals surface area contributed by atoms with E-state index in [1.165, 1.54) is 6.08 Å². The van der Waals surface area contributed by atoms with Crippen LogP contribution in [0.1, 0.15) is 18.1 Å². The zero-order chi connectivity index (χ0) is 25.1. The van der Waals surface area contributed by atoms with Gasteiger partial charge in [-0.1, -0.05) is 67.0 Å². The highest BCUT2D eigenvalue weighted by Gasteiger charge is 2.18. The summed E-state index contributed by atoms with van der Waals surface area (Å²) in [7, 11) is 1.61. The molecule has 4 aromatic carbocycles. The van der Waals surface area contributed by atoms with E-state index in [9.17, 15) is 4.79 Å². The lowest BCUT2D eigenvalue weighted by Gasteiger charge is -2.17. The maximum Gasteiger partial charge on any atom is 0.247 e. The van der Waals surface area contributed by atoms with Crippen LogP contribution >= 0.6 is 23.2 Å². The Bertz CT molecular complexity index is 1420. The molecule has 0 fully saturated rings. The highest BCUT2D eigenvalue weighted by Crippen LogP contribution is 2.43. The summed E-state index contributed by atoms with van der Waals surface area (Å²) in [5.41, 5.74) is 6.13. The number of anilines is 3. The average molecular weight is 505 g/mol. The topological polar surface area (TPSA) is 50.4 Å². The molecule has 0 aliphatic carbocycles. The van der Waals surface area contributed by atoms with Gasteiger partial charge in [0.25, 0.3) is 0 Å². The zero-order valence-corrected chi connectivity index (χ0v) is 21.3. The van der Waals surface area contributed by atoms with Crippen molar-refractivity contribution >= 4 is 56.9 Å². The number of halogens is 2. The quantitative estimate of drug-likeness (QED) is 0.248. The third-order valence-corrected chi connectivity index (χ3v) is 6.76. The predicted molar refractivity (Wildman–Crippen MR) is 149 cm³/mol. The molecule has 0 saturated heterocycles. The van der Waals surface area contributed by atoms with Gasteiger partial charge in [-0.05, 0) is 77.2 Å². The van der Waals surface area contributed by atoms with Crippen LogP contribution < -0.4 is 15.4 Å². The number of benzene rings is 4. The van der Waals surface area contributed by atoms with Crippen LogP contribution in [0, 0.1) is 6.92 Å². The molecule has 4 rings (SSSR count). The van der Waals surface area contributed by atoms with Gasteiger partial charge in [-0.2, -0.15) is 0 Å². The second-order valence-electron chi connectivity index (χ2n) is 8.19. The molecule has 2 N–H and O–H groups in total. The molecule has 0 aliphatic rings. The second-order valence-corrected chi connectivity index (χ2v) is 8.94. The minimum Gasteiger partial charge on any atom is -0.495 e. The Kier molecular flexibility index (Phi) is 7.34. The number of hydrogen-bond donors (Lipinski definition) is 2. The van der Waals surface area contributed by atoms with E-state index in [1.807, 2.05) is 55.5 Å². The number of carbonyl (C=O) groups excluding carboxylic acids is 1. The van der Waals surface area contributed by atoms with Gasteiger partial charge in [0.05, 0.1) is 28.5 Å². The highest BCUT2D eigenvalue weighted by atomic mass is 35.5. The van der Waals surface area contributed by atoms with Gasteiger partial charge in [0.1, 0.15) is 5.75 Å². The molecule has 0 atom stereocenters. The fraction of sp³-hybridized carbons (Fsp3) is 0.138. The minimum absolute atomic E-state index is 0.259. The monoisotopic (exact) mass is 504 g/mol. The van der Waals surface area contributed by atoms with E-state index in [2.05, 4.69) is 36.3 Å². The fourth-order valence-corrected chi connectivity index (χ4v) is 4.84. The van der Waals surface area contributed by atoms with Gasteiger partial charge in [0.2, 0.25) is 5.91 Å². The SMILES string of the molecule is C=CC(=O)Nc1cccc(C)c1Nc1ccc2cc(-c3c(Cl)c(CC)cc(OC)c3Cl)ccc2c1. The van der Waals surface area contributed by atoms with Crippen molar-refractivity contribution in [1.82, 2.24) is 0 Å². The third-order valence-electron chi connectivity index (χ3n) is 5.96. The van der Waals surface area contributed by atoms with Crippen LogP contribution in [0.2, 0.25) is 10.0 Å². The van der Waals surface area contributed by atoms with Crippen LogP contribution in [0.4, 0.5) is 17.1 Å². The second kappa shape index (κ2) is 10.4. The van der Waals surface area contributed by atoms with Crippen LogP contribution in [-0.4, -0.2) is 13.0 Å². The Morgan fingerprint density at radius 2 is 1.77 bits per heavy atom. The standard InChI is InChI=1S/C29H26Cl2N2O2/c1-5-18-16-24(35-4)28(31)26(27(18)30)21-11-10-20-15-22(13-12-19(20)14-21)32-29-17(3)8-7-9-23(29)33-25(34)6-2/h6-16,32H,2,5H2,1,3-4H3,(H,33,34). The number of rotatable bonds is 7. The van der Waals surface area contributed by atoms with Crippen LogP contribution in [0.5, 0.6) is 5.75 Å². The van der Waals surface area contributed by atoms with Gasteiger partial charge in [0.15, 0.2) is 0 Å². The fourth-order valence-electron chi connectivity index (χ4n) is 4.07. The minimum atomic E-state index is -0.259. The Labute approximate surface area is 215 Å². The molecule has 178 valence electrons. The van der Waals surface area contributed by atoms with Crippen molar-refractivity contribution in [2.24, 2.45) is 0 Å². The Balaban J connectivity index is 1.72. The smallest absolute Gasteiger partial charge is 0.247 e. The molecular weight excluding hydrogens is 479 g/mol. The summed E-state index contributed by atoms with van der Waals surface area (Å²) in [4.78, 5) is 11.9. The van der Waals surface area contributed by atoms with Gasteiger partial charge < -0.3 is 15.4 Å². The number of carbonyl (C=O) groups is 1. The molecule has 4 nitrogen and oxygen atoms in total. The zero-order valence-electron chi connectivity index (χ0n) is 19.8. The molecule has 0 radical (unpaired) electrons. The van der Waals surface area contributed by atoms with E-state index in [0.29, 0.717) is 21.5 Å².